The second-order valence-corrected chi connectivity index (χ2v) is 7.09. The predicted octanol–water partition coefficient (Wildman–Crippen LogP) is 1.97. The number of rotatable bonds is 9. The number of methoxy groups -OCH3 is 1. The predicted molar refractivity (Wildman–Crippen MR) is 99.2 cm³/mol. The Bertz CT molecular complexity index is 551. The molecule has 3 rings (SSSR count). The van der Waals surface area contributed by atoms with Crippen LogP contribution in [0.2, 0.25) is 0 Å². The van der Waals surface area contributed by atoms with Crippen LogP contribution in [0.3, 0.4) is 0 Å². The van der Waals surface area contributed by atoms with Gasteiger partial charge in [-0.05, 0) is 43.4 Å². The summed E-state index contributed by atoms with van der Waals surface area (Å²) in [5, 5.41) is 3.01. The molecule has 0 saturated carbocycles. The first-order valence-electron chi connectivity index (χ1n) is 9.58. The Kier molecular flexibility index (Phi) is 7.29. The molecule has 1 aromatic carbocycles. The van der Waals surface area contributed by atoms with E-state index in [2.05, 4.69) is 10.2 Å². The Labute approximate surface area is 155 Å². The van der Waals surface area contributed by atoms with Gasteiger partial charge in [0, 0.05) is 32.8 Å². The molecule has 2 fully saturated rings. The fourth-order valence-corrected chi connectivity index (χ4v) is 3.60. The zero-order chi connectivity index (χ0) is 18.2. The summed E-state index contributed by atoms with van der Waals surface area (Å²) in [4.78, 5) is 14.7. The third kappa shape index (κ3) is 5.97. The summed E-state index contributed by atoms with van der Waals surface area (Å²) in [7, 11) is 1.64. The molecule has 6 nitrogen and oxygen atoms in total. The van der Waals surface area contributed by atoms with Crippen LogP contribution in [0, 0.1) is 0 Å². The molecule has 1 N–H and O–H groups in total. The lowest BCUT2D eigenvalue weighted by atomic mass is 10.2. The molecule has 0 bridgehead atoms. The fraction of sp³-hybridized carbons (Fsp3) is 0.650. The van der Waals surface area contributed by atoms with Crippen molar-refractivity contribution in [2.45, 2.75) is 44.4 Å². The highest BCUT2D eigenvalue weighted by molar-refractivity contribution is 5.78. The molecule has 0 radical (unpaired) electrons. The van der Waals surface area contributed by atoms with Gasteiger partial charge in [-0.25, -0.2) is 0 Å². The molecule has 2 saturated heterocycles. The van der Waals surface area contributed by atoms with Gasteiger partial charge in [-0.3, -0.25) is 9.69 Å². The average molecular weight is 362 g/mol. The van der Waals surface area contributed by atoms with Crippen molar-refractivity contribution in [3.8, 4) is 5.75 Å². The van der Waals surface area contributed by atoms with Gasteiger partial charge in [0.25, 0.3) is 0 Å². The average Bonchev–Trinajstić information content (AvgIpc) is 3.34. The Morgan fingerprint density at radius 1 is 1.19 bits per heavy atom. The van der Waals surface area contributed by atoms with E-state index in [1.807, 2.05) is 24.3 Å². The summed E-state index contributed by atoms with van der Waals surface area (Å²) in [6.45, 7) is 4.15. The van der Waals surface area contributed by atoms with Crippen molar-refractivity contribution in [2.24, 2.45) is 0 Å². The van der Waals surface area contributed by atoms with Crippen molar-refractivity contribution in [3.63, 3.8) is 0 Å². The molecule has 0 aromatic heterocycles. The van der Waals surface area contributed by atoms with Gasteiger partial charge in [-0.2, -0.15) is 0 Å². The molecular weight excluding hydrogens is 332 g/mol. The van der Waals surface area contributed by atoms with E-state index in [-0.39, 0.29) is 18.1 Å². The van der Waals surface area contributed by atoms with Crippen LogP contribution in [-0.4, -0.2) is 63.0 Å². The van der Waals surface area contributed by atoms with Gasteiger partial charge in [0.15, 0.2) is 0 Å². The van der Waals surface area contributed by atoms with Gasteiger partial charge < -0.3 is 19.5 Å². The molecule has 0 spiro atoms. The molecule has 2 atom stereocenters. The Balaban J connectivity index is 1.49. The monoisotopic (exact) mass is 362 g/mol. The minimum Gasteiger partial charge on any atom is -0.497 e. The van der Waals surface area contributed by atoms with Crippen LogP contribution in [0.15, 0.2) is 24.3 Å². The number of hydrogen-bond acceptors (Lipinski definition) is 5. The van der Waals surface area contributed by atoms with Crippen LogP contribution >= 0.6 is 0 Å². The summed E-state index contributed by atoms with van der Waals surface area (Å²) < 4.78 is 16.7. The SMILES string of the molecule is COc1cccc(CNC(=O)CN(C[C@@H]2CCCO2)C[C@@H]2CCCO2)c1. The van der Waals surface area contributed by atoms with Crippen molar-refractivity contribution in [1.29, 1.82) is 0 Å². The maximum atomic E-state index is 12.5. The number of amides is 1. The molecule has 2 aliphatic heterocycles. The molecule has 6 heteroatoms. The Hall–Kier alpha value is -1.63. The van der Waals surface area contributed by atoms with Gasteiger partial charge in [0.05, 0.1) is 25.9 Å². The van der Waals surface area contributed by atoms with Crippen molar-refractivity contribution in [1.82, 2.24) is 10.2 Å². The first kappa shape index (κ1) is 19.1. The number of carbonyl (C=O) groups is 1. The van der Waals surface area contributed by atoms with Gasteiger partial charge in [0.1, 0.15) is 5.75 Å². The first-order valence-corrected chi connectivity index (χ1v) is 9.58. The summed E-state index contributed by atoms with van der Waals surface area (Å²) in [6, 6.07) is 7.76. The van der Waals surface area contributed by atoms with Gasteiger partial charge >= 0.3 is 0 Å². The minimum absolute atomic E-state index is 0.0313. The maximum Gasteiger partial charge on any atom is 0.234 e. The standard InChI is InChI=1S/C20H30N2O4/c1-24-17-6-2-5-16(11-17)12-21-20(23)15-22(13-18-7-3-9-25-18)14-19-8-4-10-26-19/h2,5-6,11,18-19H,3-4,7-10,12-15H2,1H3,(H,21,23)/t18-,19-/m0/s1. The molecule has 0 unspecified atom stereocenters. The van der Waals surface area contributed by atoms with E-state index in [4.69, 9.17) is 14.2 Å². The lowest BCUT2D eigenvalue weighted by Gasteiger charge is -2.27. The highest BCUT2D eigenvalue weighted by atomic mass is 16.5. The first-order chi connectivity index (χ1) is 12.7. The fourth-order valence-electron chi connectivity index (χ4n) is 3.60. The second kappa shape index (κ2) is 9.90. The normalized spacial score (nSPS) is 22.7. The summed E-state index contributed by atoms with van der Waals surface area (Å²) in [6.07, 6.45) is 4.85. The van der Waals surface area contributed by atoms with Crippen molar-refractivity contribution in [3.05, 3.63) is 29.8 Å². The molecule has 26 heavy (non-hydrogen) atoms. The van der Waals surface area contributed by atoms with Gasteiger partial charge in [-0.1, -0.05) is 12.1 Å². The smallest absolute Gasteiger partial charge is 0.234 e. The van der Waals surface area contributed by atoms with E-state index < -0.39 is 0 Å². The highest BCUT2D eigenvalue weighted by Crippen LogP contribution is 2.17. The molecule has 2 heterocycles. The topological polar surface area (TPSA) is 60.0 Å². The number of ether oxygens (including phenoxy) is 3. The number of hydrogen-bond donors (Lipinski definition) is 1. The minimum atomic E-state index is 0.0313. The molecule has 144 valence electrons. The zero-order valence-electron chi connectivity index (χ0n) is 15.6. The maximum absolute atomic E-state index is 12.5. The number of nitrogens with one attached hydrogen (secondary N) is 1. The van der Waals surface area contributed by atoms with E-state index in [0.717, 1.165) is 63.3 Å². The Morgan fingerprint density at radius 2 is 1.88 bits per heavy atom. The molecule has 2 aliphatic rings. The van der Waals surface area contributed by atoms with E-state index in [1.165, 1.54) is 0 Å². The summed E-state index contributed by atoms with van der Waals surface area (Å²) >= 11 is 0. The largest absolute Gasteiger partial charge is 0.497 e. The number of nitrogens with zero attached hydrogens (tertiary/aromatic N) is 1. The lowest BCUT2D eigenvalue weighted by molar-refractivity contribution is -0.123. The molecule has 0 aliphatic carbocycles. The molecule has 1 aromatic rings. The number of carbonyl (C=O) groups excluding carboxylic acids is 1. The van der Waals surface area contributed by atoms with Gasteiger partial charge in [-0.15, -0.1) is 0 Å². The van der Waals surface area contributed by atoms with Crippen molar-refractivity contribution < 1.29 is 19.0 Å². The van der Waals surface area contributed by atoms with Gasteiger partial charge in [0.2, 0.25) is 5.91 Å². The molecule has 1 amide bonds. The Morgan fingerprint density at radius 3 is 2.46 bits per heavy atom. The number of benzene rings is 1. The summed E-state index contributed by atoms with van der Waals surface area (Å²) in [5.74, 6) is 0.832. The van der Waals surface area contributed by atoms with Crippen LogP contribution in [0.5, 0.6) is 5.75 Å². The second-order valence-electron chi connectivity index (χ2n) is 7.09. The highest BCUT2D eigenvalue weighted by Gasteiger charge is 2.25. The van der Waals surface area contributed by atoms with Crippen LogP contribution in [0.1, 0.15) is 31.2 Å². The van der Waals surface area contributed by atoms with Crippen LogP contribution in [0.4, 0.5) is 0 Å². The lowest BCUT2D eigenvalue weighted by Crippen LogP contribution is -2.43. The van der Waals surface area contributed by atoms with E-state index >= 15 is 0 Å². The zero-order valence-corrected chi connectivity index (χ0v) is 15.6. The van der Waals surface area contributed by atoms with Crippen LogP contribution in [-0.2, 0) is 20.8 Å². The van der Waals surface area contributed by atoms with E-state index in [9.17, 15) is 4.79 Å². The van der Waals surface area contributed by atoms with Crippen molar-refractivity contribution in [2.75, 3.05) is 40.0 Å². The summed E-state index contributed by atoms with van der Waals surface area (Å²) in [5.41, 5.74) is 1.03. The third-order valence-electron chi connectivity index (χ3n) is 4.96. The van der Waals surface area contributed by atoms with Crippen LogP contribution in [0.25, 0.3) is 0 Å². The quantitative estimate of drug-likeness (QED) is 0.728. The van der Waals surface area contributed by atoms with E-state index in [1.54, 1.807) is 7.11 Å². The third-order valence-corrected chi connectivity index (χ3v) is 4.96. The van der Waals surface area contributed by atoms with E-state index in [0.29, 0.717) is 13.1 Å². The molecular formula is C20H30N2O4. The van der Waals surface area contributed by atoms with Crippen molar-refractivity contribution >= 4 is 5.91 Å². The van der Waals surface area contributed by atoms with Crippen LogP contribution < -0.4 is 10.1 Å².